The number of aliphatic carboxylic acids is 1. The number of carboxylic acids is 1. The number of carbonyl (C=O) groups is 2. The topological polar surface area (TPSA) is 97.5 Å². The highest BCUT2D eigenvalue weighted by atomic mass is 16.6. The van der Waals surface area contributed by atoms with Crippen LogP contribution in [-0.4, -0.2) is 21.8 Å². The highest BCUT2D eigenvalue weighted by Crippen LogP contribution is 2.32. The second-order valence-corrected chi connectivity index (χ2v) is 5.46. The van der Waals surface area contributed by atoms with E-state index in [0.29, 0.717) is 25.7 Å². The molecular formula is C15H17NO5. The summed E-state index contributed by atoms with van der Waals surface area (Å²) in [7, 11) is 0. The van der Waals surface area contributed by atoms with E-state index in [1.54, 1.807) is 6.07 Å². The van der Waals surface area contributed by atoms with Crippen molar-refractivity contribution < 1.29 is 19.6 Å². The molecule has 21 heavy (non-hydrogen) atoms. The van der Waals surface area contributed by atoms with E-state index in [2.05, 4.69) is 0 Å². The molecule has 1 fully saturated rings. The Morgan fingerprint density at radius 1 is 1.19 bits per heavy atom. The van der Waals surface area contributed by atoms with E-state index in [9.17, 15) is 19.7 Å². The zero-order valence-corrected chi connectivity index (χ0v) is 11.5. The van der Waals surface area contributed by atoms with Gasteiger partial charge in [-0.05, 0) is 37.7 Å². The number of carboxylic acid groups (broad SMARTS) is 1. The number of nitrogens with zero attached hydrogens (tertiary/aromatic N) is 1. The molecule has 0 bridgehead atoms. The number of rotatable bonds is 5. The molecule has 0 aromatic heterocycles. The average molecular weight is 291 g/mol. The summed E-state index contributed by atoms with van der Waals surface area (Å²) in [6, 6.07) is 5.95. The molecule has 1 aromatic rings. The van der Waals surface area contributed by atoms with Crippen LogP contribution < -0.4 is 0 Å². The number of hydrogen-bond acceptors (Lipinski definition) is 4. The van der Waals surface area contributed by atoms with Gasteiger partial charge < -0.3 is 5.11 Å². The van der Waals surface area contributed by atoms with Gasteiger partial charge in [-0.15, -0.1) is 0 Å². The first-order valence-corrected chi connectivity index (χ1v) is 6.98. The molecule has 0 aliphatic heterocycles. The summed E-state index contributed by atoms with van der Waals surface area (Å²) in [6.45, 7) is 0. The largest absolute Gasteiger partial charge is 0.481 e. The Hall–Kier alpha value is -2.24. The summed E-state index contributed by atoms with van der Waals surface area (Å²) in [6.07, 6.45) is 2.76. The predicted octanol–water partition coefficient (Wildman–Crippen LogP) is 3.06. The van der Waals surface area contributed by atoms with Gasteiger partial charge in [0.25, 0.3) is 5.69 Å². The maximum absolute atomic E-state index is 12.2. The molecule has 0 atom stereocenters. The zero-order valence-electron chi connectivity index (χ0n) is 11.5. The number of hydrogen-bond donors (Lipinski definition) is 1. The number of benzene rings is 1. The van der Waals surface area contributed by atoms with Crippen LogP contribution >= 0.6 is 0 Å². The fraction of sp³-hybridized carbons (Fsp3) is 0.467. The summed E-state index contributed by atoms with van der Waals surface area (Å²) >= 11 is 0. The van der Waals surface area contributed by atoms with Gasteiger partial charge in [0, 0.05) is 12.5 Å². The van der Waals surface area contributed by atoms with Gasteiger partial charge in [0.05, 0.1) is 16.4 Å². The molecule has 0 saturated heterocycles. The Bertz CT molecular complexity index is 561. The lowest BCUT2D eigenvalue weighted by atomic mass is 9.79. The van der Waals surface area contributed by atoms with Crippen molar-refractivity contribution in [2.75, 3.05) is 0 Å². The maximum Gasteiger partial charge on any atom is 0.306 e. The van der Waals surface area contributed by atoms with Crippen LogP contribution in [-0.2, 0) is 4.79 Å². The third kappa shape index (κ3) is 3.65. The first-order valence-electron chi connectivity index (χ1n) is 6.98. The average Bonchev–Trinajstić information content (AvgIpc) is 2.47. The number of ketones is 1. The van der Waals surface area contributed by atoms with Crippen molar-refractivity contribution >= 4 is 17.4 Å². The molecule has 1 aliphatic carbocycles. The van der Waals surface area contributed by atoms with Gasteiger partial charge in [0.15, 0.2) is 5.78 Å². The predicted molar refractivity (Wildman–Crippen MR) is 75.1 cm³/mol. The highest BCUT2D eigenvalue weighted by Gasteiger charge is 2.28. The molecule has 0 amide bonds. The highest BCUT2D eigenvalue weighted by molar-refractivity contribution is 5.99. The van der Waals surface area contributed by atoms with E-state index in [4.69, 9.17) is 5.11 Å². The number of nitro groups is 1. The van der Waals surface area contributed by atoms with Crippen molar-refractivity contribution in [1.82, 2.24) is 0 Å². The molecule has 112 valence electrons. The number of Topliss-reactive ketones (excluding diaryl/α,β-unsaturated/α-hetero) is 1. The fourth-order valence-electron chi connectivity index (χ4n) is 2.85. The lowest BCUT2D eigenvalue weighted by Gasteiger charge is -2.25. The SMILES string of the molecule is O=C(CC1CCC(C(=O)O)CC1)c1ccccc1[N+](=O)[O-]. The second kappa shape index (κ2) is 6.47. The van der Waals surface area contributed by atoms with Crippen molar-refractivity contribution in [2.45, 2.75) is 32.1 Å². The first-order chi connectivity index (χ1) is 9.99. The van der Waals surface area contributed by atoms with Crippen LogP contribution in [0.25, 0.3) is 0 Å². The standard InChI is InChI=1S/C15H17NO5/c17-14(12-3-1-2-4-13(12)16(20)21)9-10-5-7-11(8-6-10)15(18)19/h1-4,10-11H,5-9H2,(H,18,19). The smallest absolute Gasteiger partial charge is 0.306 e. The zero-order chi connectivity index (χ0) is 15.4. The van der Waals surface area contributed by atoms with Crippen molar-refractivity contribution in [3.05, 3.63) is 39.9 Å². The molecule has 6 heteroatoms. The molecule has 1 N–H and O–H groups in total. The minimum Gasteiger partial charge on any atom is -0.481 e. The molecule has 0 radical (unpaired) electrons. The van der Waals surface area contributed by atoms with Crippen LogP contribution in [0.4, 0.5) is 5.69 Å². The Morgan fingerprint density at radius 3 is 2.38 bits per heavy atom. The second-order valence-electron chi connectivity index (χ2n) is 5.46. The van der Waals surface area contributed by atoms with Crippen LogP contribution in [0.3, 0.4) is 0 Å². The van der Waals surface area contributed by atoms with Crippen molar-refractivity contribution in [3.63, 3.8) is 0 Å². The molecule has 1 aliphatic rings. The van der Waals surface area contributed by atoms with Crippen molar-refractivity contribution in [2.24, 2.45) is 11.8 Å². The molecule has 0 heterocycles. The summed E-state index contributed by atoms with van der Waals surface area (Å²) < 4.78 is 0. The van der Waals surface area contributed by atoms with Crippen LogP contribution in [0, 0.1) is 22.0 Å². The number of carbonyl (C=O) groups excluding carboxylic acids is 1. The van der Waals surface area contributed by atoms with E-state index in [0.717, 1.165) is 0 Å². The number of para-hydroxylation sites is 1. The lowest BCUT2D eigenvalue weighted by Crippen LogP contribution is -2.23. The summed E-state index contributed by atoms with van der Waals surface area (Å²) in [5, 5.41) is 19.9. The maximum atomic E-state index is 12.2. The summed E-state index contributed by atoms with van der Waals surface area (Å²) in [5.41, 5.74) is -0.0235. The fourth-order valence-corrected chi connectivity index (χ4v) is 2.85. The summed E-state index contributed by atoms with van der Waals surface area (Å²) in [4.78, 5) is 33.5. The molecular weight excluding hydrogens is 274 g/mol. The Morgan fingerprint density at radius 2 is 1.81 bits per heavy atom. The molecule has 6 nitrogen and oxygen atoms in total. The Balaban J connectivity index is 2.00. The van der Waals surface area contributed by atoms with E-state index >= 15 is 0 Å². The van der Waals surface area contributed by atoms with Crippen molar-refractivity contribution in [1.29, 1.82) is 0 Å². The van der Waals surface area contributed by atoms with E-state index in [1.165, 1.54) is 18.2 Å². The molecule has 0 unspecified atom stereocenters. The van der Waals surface area contributed by atoms with Gasteiger partial charge >= 0.3 is 5.97 Å². The van der Waals surface area contributed by atoms with Crippen LogP contribution in [0.2, 0.25) is 0 Å². The van der Waals surface area contributed by atoms with Gasteiger partial charge in [-0.2, -0.15) is 0 Å². The molecule has 1 saturated carbocycles. The normalized spacial score (nSPS) is 21.7. The minimum atomic E-state index is -0.779. The Labute approximate surface area is 121 Å². The molecule has 1 aromatic carbocycles. The summed E-state index contributed by atoms with van der Waals surface area (Å²) in [5.74, 6) is -1.21. The van der Waals surface area contributed by atoms with Gasteiger partial charge in [-0.1, -0.05) is 12.1 Å². The number of nitro benzene ring substituents is 1. The quantitative estimate of drug-likeness (QED) is 0.510. The first kappa shape index (κ1) is 15.2. The van der Waals surface area contributed by atoms with E-state index < -0.39 is 10.9 Å². The van der Waals surface area contributed by atoms with Gasteiger partial charge in [-0.3, -0.25) is 19.7 Å². The van der Waals surface area contributed by atoms with Crippen LogP contribution in [0.15, 0.2) is 24.3 Å². The Kier molecular flexibility index (Phi) is 4.67. The minimum absolute atomic E-state index is 0.118. The van der Waals surface area contributed by atoms with E-state index in [1.807, 2.05) is 0 Å². The van der Waals surface area contributed by atoms with Gasteiger partial charge in [0.2, 0.25) is 0 Å². The van der Waals surface area contributed by atoms with Crippen molar-refractivity contribution in [3.8, 4) is 0 Å². The third-order valence-electron chi connectivity index (χ3n) is 4.07. The van der Waals surface area contributed by atoms with Gasteiger partial charge in [-0.25, -0.2) is 0 Å². The van der Waals surface area contributed by atoms with E-state index in [-0.39, 0.29) is 35.3 Å². The van der Waals surface area contributed by atoms with Crippen LogP contribution in [0.5, 0.6) is 0 Å². The monoisotopic (exact) mass is 291 g/mol. The molecule has 0 spiro atoms. The lowest BCUT2D eigenvalue weighted by molar-refractivity contribution is -0.385. The van der Waals surface area contributed by atoms with Crippen LogP contribution in [0.1, 0.15) is 42.5 Å². The third-order valence-corrected chi connectivity index (χ3v) is 4.07. The van der Waals surface area contributed by atoms with Gasteiger partial charge in [0.1, 0.15) is 0 Å². The molecule has 2 rings (SSSR count).